The Kier molecular flexibility index (Phi) is 4.23. The molecule has 2 aromatic rings. The van der Waals surface area contributed by atoms with E-state index in [0.29, 0.717) is 35.7 Å². The van der Waals surface area contributed by atoms with Crippen LogP contribution in [0.15, 0.2) is 47.6 Å². The molecule has 0 spiro atoms. The third kappa shape index (κ3) is 3.48. The van der Waals surface area contributed by atoms with Crippen LogP contribution < -0.4 is 10.2 Å². The van der Waals surface area contributed by atoms with E-state index < -0.39 is 5.97 Å². The van der Waals surface area contributed by atoms with Crippen molar-refractivity contribution in [2.75, 3.05) is 12.0 Å². The number of anilines is 1. The van der Waals surface area contributed by atoms with Crippen molar-refractivity contribution in [1.29, 1.82) is 0 Å². The molecule has 6 heteroatoms. The average molecular weight is 314 g/mol. The summed E-state index contributed by atoms with van der Waals surface area (Å²) in [6, 6.07) is 10.6. The molecule has 0 bridgehead atoms. The van der Waals surface area contributed by atoms with Crippen molar-refractivity contribution >= 4 is 17.4 Å². The zero-order chi connectivity index (χ0) is 16.2. The number of hydrogen-bond acceptors (Lipinski definition) is 4. The van der Waals surface area contributed by atoms with Crippen molar-refractivity contribution in [1.82, 2.24) is 0 Å². The number of nitrogens with one attached hydrogen (secondary N) is 1. The number of rotatable bonds is 3. The van der Waals surface area contributed by atoms with Gasteiger partial charge in [-0.15, -0.1) is 0 Å². The molecule has 1 heterocycles. The molecule has 3 rings (SSSR count). The van der Waals surface area contributed by atoms with Gasteiger partial charge in [-0.05, 0) is 55.3 Å². The fraction of sp³-hybridized carbons (Fsp3) is 0.176. The van der Waals surface area contributed by atoms with Gasteiger partial charge >= 0.3 is 5.97 Å². The van der Waals surface area contributed by atoms with Crippen molar-refractivity contribution in [3.63, 3.8) is 0 Å². The van der Waals surface area contributed by atoms with E-state index in [2.05, 4.69) is 10.5 Å². The highest BCUT2D eigenvalue weighted by Crippen LogP contribution is 2.25. The minimum Gasteiger partial charge on any atom is -0.493 e. The number of hydrazone groups is 1. The van der Waals surface area contributed by atoms with Crippen LogP contribution in [-0.4, -0.2) is 23.4 Å². The maximum atomic E-state index is 13.5. The molecule has 0 unspecified atom stereocenters. The van der Waals surface area contributed by atoms with Gasteiger partial charge < -0.3 is 9.84 Å². The van der Waals surface area contributed by atoms with Crippen molar-refractivity contribution < 1.29 is 19.0 Å². The van der Waals surface area contributed by atoms with Crippen molar-refractivity contribution in [2.24, 2.45) is 5.10 Å². The van der Waals surface area contributed by atoms with E-state index in [1.165, 1.54) is 24.3 Å². The second-order valence-electron chi connectivity index (χ2n) is 5.15. The molecule has 0 radical (unpaired) electrons. The van der Waals surface area contributed by atoms with Gasteiger partial charge in [0.05, 0.1) is 23.6 Å². The first-order chi connectivity index (χ1) is 11.1. The Balaban J connectivity index is 1.84. The molecule has 1 aliphatic rings. The van der Waals surface area contributed by atoms with Gasteiger partial charge in [0, 0.05) is 5.56 Å². The third-order valence-corrected chi connectivity index (χ3v) is 3.52. The lowest BCUT2D eigenvalue weighted by Crippen LogP contribution is -2.04. The topological polar surface area (TPSA) is 70.9 Å². The van der Waals surface area contributed by atoms with Crippen LogP contribution in [0.25, 0.3) is 0 Å². The zero-order valence-electron chi connectivity index (χ0n) is 12.3. The van der Waals surface area contributed by atoms with E-state index in [1.54, 1.807) is 18.2 Å². The number of nitrogens with zero attached hydrogens (tertiary/aromatic N) is 1. The standard InChI is InChI=1S/C17H15FN2O3/c18-12-5-8-16-14(10-12)15(2-1-9-23-16)20-19-13-6-3-11(4-7-13)17(21)22/h3-8,10,19H,1-2,9H2,(H,21,22)/b20-15-. The summed E-state index contributed by atoms with van der Waals surface area (Å²) in [5.74, 6) is -0.702. The molecule has 0 atom stereocenters. The summed E-state index contributed by atoms with van der Waals surface area (Å²) < 4.78 is 19.1. The SMILES string of the molecule is O=C(O)c1ccc(N/N=C2/CCCOc3ccc(F)cc32)cc1. The smallest absolute Gasteiger partial charge is 0.335 e. The lowest BCUT2D eigenvalue weighted by molar-refractivity contribution is 0.0697. The number of hydrogen-bond donors (Lipinski definition) is 2. The highest BCUT2D eigenvalue weighted by Gasteiger charge is 2.16. The predicted octanol–water partition coefficient (Wildman–Crippen LogP) is 3.51. The second kappa shape index (κ2) is 6.48. The first-order valence-electron chi connectivity index (χ1n) is 7.22. The van der Waals surface area contributed by atoms with Gasteiger partial charge in [-0.1, -0.05) is 0 Å². The van der Waals surface area contributed by atoms with Crippen LogP contribution >= 0.6 is 0 Å². The fourth-order valence-electron chi connectivity index (χ4n) is 2.35. The predicted molar refractivity (Wildman–Crippen MR) is 84.7 cm³/mol. The van der Waals surface area contributed by atoms with Crippen LogP contribution in [0, 0.1) is 5.82 Å². The number of aromatic carboxylic acids is 1. The molecule has 2 aromatic carbocycles. The Morgan fingerprint density at radius 1 is 1.22 bits per heavy atom. The van der Waals surface area contributed by atoms with Gasteiger partial charge in [0.15, 0.2) is 0 Å². The van der Waals surface area contributed by atoms with E-state index in [4.69, 9.17) is 9.84 Å². The molecule has 2 N–H and O–H groups in total. The van der Waals surface area contributed by atoms with E-state index >= 15 is 0 Å². The van der Waals surface area contributed by atoms with Crippen LogP contribution in [0.2, 0.25) is 0 Å². The molecule has 0 amide bonds. The number of carbonyl (C=O) groups is 1. The Morgan fingerprint density at radius 2 is 2.00 bits per heavy atom. The molecule has 0 saturated carbocycles. The Bertz CT molecular complexity index is 757. The van der Waals surface area contributed by atoms with Crippen LogP contribution in [0.5, 0.6) is 5.75 Å². The number of benzene rings is 2. The van der Waals surface area contributed by atoms with Crippen LogP contribution in [0.4, 0.5) is 10.1 Å². The zero-order valence-corrected chi connectivity index (χ0v) is 12.3. The molecule has 23 heavy (non-hydrogen) atoms. The number of carboxylic acid groups (broad SMARTS) is 1. The number of fused-ring (bicyclic) bond motifs is 1. The molecular weight excluding hydrogens is 299 g/mol. The Labute approximate surface area is 132 Å². The first kappa shape index (κ1) is 15.0. The number of halogens is 1. The van der Waals surface area contributed by atoms with Gasteiger partial charge in [0.1, 0.15) is 11.6 Å². The molecule has 0 fully saturated rings. The van der Waals surface area contributed by atoms with Crippen molar-refractivity contribution in [2.45, 2.75) is 12.8 Å². The van der Waals surface area contributed by atoms with E-state index in [9.17, 15) is 9.18 Å². The van der Waals surface area contributed by atoms with Crippen LogP contribution in [0.3, 0.4) is 0 Å². The minimum atomic E-state index is -0.979. The maximum Gasteiger partial charge on any atom is 0.335 e. The minimum absolute atomic E-state index is 0.207. The highest BCUT2D eigenvalue weighted by molar-refractivity contribution is 6.03. The van der Waals surface area contributed by atoms with Crippen molar-refractivity contribution in [3.8, 4) is 5.75 Å². The lowest BCUT2D eigenvalue weighted by Gasteiger charge is -2.09. The summed E-state index contributed by atoms with van der Waals surface area (Å²) in [5, 5.41) is 13.2. The van der Waals surface area contributed by atoms with Gasteiger partial charge in [-0.3, -0.25) is 5.43 Å². The number of ether oxygens (including phenoxy) is 1. The van der Waals surface area contributed by atoms with Gasteiger partial charge in [-0.2, -0.15) is 5.10 Å². The Morgan fingerprint density at radius 3 is 2.74 bits per heavy atom. The first-order valence-corrected chi connectivity index (χ1v) is 7.22. The van der Waals surface area contributed by atoms with Gasteiger partial charge in [0.2, 0.25) is 0 Å². The summed E-state index contributed by atoms with van der Waals surface area (Å²) in [6.07, 6.45) is 1.45. The summed E-state index contributed by atoms with van der Waals surface area (Å²) >= 11 is 0. The summed E-state index contributed by atoms with van der Waals surface area (Å²) in [4.78, 5) is 10.8. The largest absolute Gasteiger partial charge is 0.493 e. The highest BCUT2D eigenvalue weighted by atomic mass is 19.1. The number of carboxylic acids is 1. The molecule has 1 aliphatic heterocycles. The molecule has 5 nitrogen and oxygen atoms in total. The van der Waals surface area contributed by atoms with Gasteiger partial charge in [0.25, 0.3) is 0 Å². The monoisotopic (exact) mass is 314 g/mol. The summed E-state index contributed by atoms with van der Waals surface area (Å²) in [7, 11) is 0. The quantitative estimate of drug-likeness (QED) is 0.851. The maximum absolute atomic E-state index is 13.5. The summed E-state index contributed by atoms with van der Waals surface area (Å²) in [6.45, 7) is 0.560. The van der Waals surface area contributed by atoms with E-state index in [0.717, 1.165) is 6.42 Å². The molecule has 0 aromatic heterocycles. The average Bonchev–Trinajstić information content (AvgIpc) is 2.75. The lowest BCUT2D eigenvalue weighted by atomic mass is 10.1. The molecular formula is C17H15FN2O3. The Hall–Kier alpha value is -2.89. The van der Waals surface area contributed by atoms with Crippen LogP contribution in [0.1, 0.15) is 28.8 Å². The van der Waals surface area contributed by atoms with E-state index in [1.807, 2.05) is 0 Å². The fourth-order valence-corrected chi connectivity index (χ4v) is 2.35. The van der Waals surface area contributed by atoms with E-state index in [-0.39, 0.29) is 11.4 Å². The summed E-state index contributed by atoms with van der Waals surface area (Å²) in [5.41, 5.74) is 5.09. The van der Waals surface area contributed by atoms with Crippen molar-refractivity contribution in [3.05, 3.63) is 59.4 Å². The second-order valence-corrected chi connectivity index (χ2v) is 5.15. The van der Waals surface area contributed by atoms with Crippen LogP contribution in [-0.2, 0) is 0 Å². The van der Waals surface area contributed by atoms with Gasteiger partial charge in [-0.25, -0.2) is 9.18 Å². The third-order valence-electron chi connectivity index (χ3n) is 3.52. The molecule has 118 valence electrons. The normalized spacial score (nSPS) is 15.4. The molecule has 0 saturated heterocycles. The molecule has 0 aliphatic carbocycles.